The summed E-state index contributed by atoms with van der Waals surface area (Å²) < 4.78 is 0. The standard InChI is InChI=1S/C20H41N/c1-7-8-9-18-10-12-20(13-11-18,16-21-17(2)3)15-14-19(4,5)6/h17-18,21H,7-16H2,1-6H3. The van der Waals surface area contributed by atoms with Gasteiger partial charge in [0.05, 0.1) is 0 Å². The van der Waals surface area contributed by atoms with E-state index in [2.05, 4.69) is 46.9 Å². The van der Waals surface area contributed by atoms with Crippen LogP contribution in [0.25, 0.3) is 0 Å². The normalized spacial score (nSPS) is 27.3. The third-order valence-corrected chi connectivity index (χ3v) is 5.42. The van der Waals surface area contributed by atoms with E-state index in [4.69, 9.17) is 0 Å². The third kappa shape index (κ3) is 7.68. The molecule has 0 bridgehead atoms. The molecule has 0 aromatic rings. The van der Waals surface area contributed by atoms with Gasteiger partial charge in [0, 0.05) is 12.6 Å². The molecule has 1 heteroatoms. The molecule has 0 aromatic carbocycles. The molecule has 0 saturated heterocycles. The largest absolute Gasteiger partial charge is 0.314 e. The second-order valence-corrected chi connectivity index (χ2v) is 9.18. The van der Waals surface area contributed by atoms with Gasteiger partial charge in [0.15, 0.2) is 0 Å². The Labute approximate surface area is 134 Å². The maximum absolute atomic E-state index is 3.75. The predicted molar refractivity (Wildman–Crippen MR) is 95.7 cm³/mol. The molecule has 1 rings (SSSR count). The van der Waals surface area contributed by atoms with Gasteiger partial charge in [0.25, 0.3) is 0 Å². The Morgan fingerprint density at radius 2 is 1.76 bits per heavy atom. The highest BCUT2D eigenvalue weighted by Gasteiger charge is 2.35. The second-order valence-electron chi connectivity index (χ2n) is 9.18. The van der Waals surface area contributed by atoms with Crippen molar-refractivity contribution < 1.29 is 0 Å². The van der Waals surface area contributed by atoms with Crippen molar-refractivity contribution in [2.75, 3.05) is 6.54 Å². The van der Waals surface area contributed by atoms with E-state index in [1.54, 1.807) is 0 Å². The van der Waals surface area contributed by atoms with Gasteiger partial charge in [-0.15, -0.1) is 0 Å². The summed E-state index contributed by atoms with van der Waals surface area (Å²) in [5, 5.41) is 3.75. The molecule has 1 nitrogen and oxygen atoms in total. The van der Waals surface area contributed by atoms with Gasteiger partial charge in [0.2, 0.25) is 0 Å². The highest BCUT2D eigenvalue weighted by Crippen LogP contribution is 2.45. The molecular weight excluding hydrogens is 254 g/mol. The molecule has 0 aliphatic heterocycles. The van der Waals surface area contributed by atoms with Crippen LogP contribution in [-0.2, 0) is 0 Å². The van der Waals surface area contributed by atoms with Crippen molar-refractivity contribution in [2.45, 2.75) is 105 Å². The SMILES string of the molecule is CCCCC1CCC(CCC(C)(C)C)(CNC(C)C)CC1. The highest BCUT2D eigenvalue weighted by atomic mass is 14.9. The zero-order chi connectivity index (χ0) is 15.9. The average molecular weight is 296 g/mol. The first-order valence-electron chi connectivity index (χ1n) is 9.50. The minimum atomic E-state index is 0.476. The minimum absolute atomic E-state index is 0.476. The molecule has 0 heterocycles. The highest BCUT2D eigenvalue weighted by molar-refractivity contribution is 4.89. The monoisotopic (exact) mass is 295 g/mol. The van der Waals surface area contributed by atoms with Crippen molar-refractivity contribution in [2.24, 2.45) is 16.7 Å². The maximum Gasteiger partial charge on any atom is 0.00106 e. The van der Waals surface area contributed by atoms with E-state index in [9.17, 15) is 0 Å². The van der Waals surface area contributed by atoms with Crippen LogP contribution in [0.2, 0.25) is 0 Å². The van der Waals surface area contributed by atoms with Crippen molar-refractivity contribution in [3.8, 4) is 0 Å². The van der Waals surface area contributed by atoms with E-state index in [1.807, 2.05) is 0 Å². The molecule has 0 aromatic heterocycles. The molecule has 0 spiro atoms. The first-order chi connectivity index (χ1) is 9.76. The maximum atomic E-state index is 3.75. The van der Waals surface area contributed by atoms with Crippen LogP contribution in [-0.4, -0.2) is 12.6 Å². The van der Waals surface area contributed by atoms with Gasteiger partial charge in [-0.05, 0) is 55.3 Å². The molecule has 0 unspecified atom stereocenters. The Balaban J connectivity index is 2.54. The quantitative estimate of drug-likeness (QED) is 0.564. The van der Waals surface area contributed by atoms with E-state index in [1.165, 1.54) is 64.3 Å². The summed E-state index contributed by atoms with van der Waals surface area (Å²) in [7, 11) is 0. The van der Waals surface area contributed by atoms with Gasteiger partial charge in [0.1, 0.15) is 0 Å². The topological polar surface area (TPSA) is 12.0 Å². The van der Waals surface area contributed by atoms with Crippen LogP contribution in [0.15, 0.2) is 0 Å². The van der Waals surface area contributed by atoms with Crippen molar-refractivity contribution >= 4 is 0 Å². The van der Waals surface area contributed by atoms with E-state index in [-0.39, 0.29) is 0 Å². The molecule has 21 heavy (non-hydrogen) atoms. The van der Waals surface area contributed by atoms with Gasteiger partial charge in [-0.3, -0.25) is 0 Å². The van der Waals surface area contributed by atoms with Crippen LogP contribution in [0.4, 0.5) is 0 Å². The molecule has 0 amide bonds. The molecule has 0 atom stereocenters. The molecule has 0 radical (unpaired) electrons. The van der Waals surface area contributed by atoms with E-state index < -0.39 is 0 Å². The van der Waals surface area contributed by atoms with Crippen LogP contribution >= 0.6 is 0 Å². The Morgan fingerprint density at radius 3 is 2.24 bits per heavy atom. The summed E-state index contributed by atoms with van der Waals surface area (Å²) in [4.78, 5) is 0. The zero-order valence-corrected chi connectivity index (χ0v) is 15.7. The fraction of sp³-hybridized carbons (Fsp3) is 1.00. The summed E-state index contributed by atoms with van der Waals surface area (Å²) in [6.07, 6.45) is 12.9. The van der Waals surface area contributed by atoms with Crippen molar-refractivity contribution in [3.63, 3.8) is 0 Å². The molecule has 126 valence electrons. The first-order valence-corrected chi connectivity index (χ1v) is 9.50. The Bertz CT molecular complexity index is 266. The number of nitrogens with one attached hydrogen (secondary N) is 1. The van der Waals surface area contributed by atoms with Crippen LogP contribution < -0.4 is 5.32 Å². The zero-order valence-electron chi connectivity index (χ0n) is 15.7. The van der Waals surface area contributed by atoms with Crippen molar-refractivity contribution in [1.82, 2.24) is 5.32 Å². The summed E-state index contributed by atoms with van der Waals surface area (Å²) in [5.41, 5.74) is 1.06. The molecule has 1 aliphatic carbocycles. The number of rotatable bonds is 8. The lowest BCUT2D eigenvalue weighted by Crippen LogP contribution is -2.40. The second kappa shape index (κ2) is 8.56. The van der Waals surface area contributed by atoms with Crippen LogP contribution in [0, 0.1) is 16.7 Å². The smallest absolute Gasteiger partial charge is 0.00106 e. The Morgan fingerprint density at radius 1 is 1.14 bits per heavy atom. The van der Waals surface area contributed by atoms with Crippen molar-refractivity contribution in [3.05, 3.63) is 0 Å². The fourth-order valence-electron chi connectivity index (χ4n) is 3.65. The molecular formula is C20H41N. The molecule has 1 saturated carbocycles. The minimum Gasteiger partial charge on any atom is -0.314 e. The number of hydrogen-bond donors (Lipinski definition) is 1. The Hall–Kier alpha value is -0.0400. The van der Waals surface area contributed by atoms with Gasteiger partial charge < -0.3 is 5.32 Å². The predicted octanol–water partition coefficient (Wildman–Crippen LogP) is 6.18. The lowest BCUT2D eigenvalue weighted by Gasteiger charge is -2.42. The van der Waals surface area contributed by atoms with Crippen LogP contribution in [0.5, 0.6) is 0 Å². The van der Waals surface area contributed by atoms with Gasteiger partial charge in [-0.2, -0.15) is 0 Å². The molecule has 1 N–H and O–H groups in total. The van der Waals surface area contributed by atoms with Gasteiger partial charge in [-0.25, -0.2) is 0 Å². The van der Waals surface area contributed by atoms with Gasteiger partial charge >= 0.3 is 0 Å². The molecule has 1 aliphatic rings. The molecule has 1 fully saturated rings. The van der Waals surface area contributed by atoms with Crippen LogP contribution in [0.3, 0.4) is 0 Å². The number of hydrogen-bond acceptors (Lipinski definition) is 1. The lowest BCUT2D eigenvalue weighted by atomic mass is 9.65. The third-order valence-electron chi connectivity index (χ3n) is 5.42. The fourth-order valence-corrected chi connectivity index (χ4v) is 3.65. The van der Waals surface area contributed by atoms with Gasteiger partial charge in [-0.1, -0.05) is 60.8 Å². The van der Waals surface area contributed by atoms with E-state index in [0.29, 0.717) is 16.9 Å². The average Bonchev–Trinajstić information content (AvgIpc) is 2.42. The first kappa shape index (κ1) is 19.0. The summed E-state index contributed by atoms with van der Waals surface area (Å²) >= 11 is 0. The Kier molecular flexibility index (Phi) is 7.74. The summed E-state index contributed by atoms with van der Waals surface area (Å²) in [5.74, 6) is 1.02. The van der Waals surface area contributed by atoms with E-state index in [0.717, 1.165) is 5.92 Å². The summed E-state index contributed by atoms with van der Waals surface area (Å²) in [6, 6.07) is 0.620. The summed E-state index contributed by atoms with van der Waals surface area (Å²) in [6.45, 7) is 15.3. The van der Waals surface area contributed by atoms with Crippen molar-refractivity contribution in [1.29, 1.82) is 0 Å². The van der Waals surface area contributed by atoms with E-state index >= 15 is 0 Å². The number of unbranched alkanes of at least 4 members (excludes halogenated alkanes) is 1. The lowest BCUT2D eigenvalue weighted by molar-refractivity contribution is 0.108. The van der Waals surface area contributed by atoms with Crippen LogP contribution in [0.1, 0.15) is 99.3 Å².